The first-order valence-corrected chi connectivity index (χ1v) is 24.3. The van der Waals surface area contributed by atoms with Gasteiger partial charge < -0.3 is 18.6 Å². The van der Waals surface area contributed by atoms with Crippen molar-refractivity contribution in [3.63, 3.8) is 0 Å². The van der Waals surface area contributed by atoms with Gasteiger partial charge >= 0.3 is 0 Å². The molecular formula is C66H46N4. The molecule has 13 aromatic rings. The molecule has 0 N–H and O–H groups in total. The number of para-hydroxylation sites is 8. The van der Waals surface area contributed by atoms with E-state index in [0.717, 1.165) is 34.9 Å². The molecule has 1 aliphatic rings. The molecule has 1 atom stereocenters. The average molecular weight is 895 g/mol. The van der Waals surface area contributed by atoms with Crippen LogP contribution < -0.4 is 4.90 Å². The Kier molecular flexibility index (Phi) is 9.31. The van der Waals surface area contributed by atoms with Crippen molar-refractivity contribution in [3.05, 3.63) is 278 Å². The monoisotopic (exact) mass is 894 g/mol. The third-order valence-corrected chi connectivity index (χ3v) is 14.7. The number of hydrogen-bond donors (Lipinski definition) is 0. The van der Waals surface area contributed by atoms with Crippen LogP contribution in [-0.2, 0) is 0 Å². The molecule has 70 heavy (non-hydrogen) atoms. The number of rotatable bonds is 8. The summed E-state index contributed by atoms with van der Waals surface area (Å²) in [6.07, 6.45) is 3.27. The Morgan fingerprint density at radius 2 is 0.643 bits per heavy atom. The van der Waals surface area contributed by atoms with E-state index in [0.29, 0.717) is 0 Å². The molecule has 3 aromatic heterocycles. The summed E-state index contributed by atoms with van der Waals surface area (Å²) in [5, 5.41) is 7.54. The molecule has 1 aliphatic carbocycles. The molecule has 0 bridgehead atoms. The molecule has 4 heteroatoms. The second-order valence-corrected chi connectivity index (χ2v) is 18.4. The summed E-state index contributed by atoms with van der Waals surface area (Å²) in [5.74, 6) is -0.00410. The van der Waals surface area contributed by atoms with Crippen LogP contribution in [-0.4, -0.2) is 13.7 Å². The third-order valence-electron chi connectivity index (χ3n) is 14.7. The van der Waals surface area contributed by atoms with Gasteiger partial charge in [0.05, 0.1) is 38.8 Å². The van der Waals surface area contributed by atoms with Crippen LogP contribution in [0.3, 0.4) is 0 Å². The molecule has 10 aromatic carbocycles. The first-order valence-electron chi connectivity index (χ1n) is 24.3. The number of benzene rings is 10. The zero-order valence-corrected chi connectivity index (χ0v) is 38.4. The lowest BCUT2D eigenvalue weighted by Gasteiger charge is -2.36. The Labute approximate surface area is 406 Å². The molecule has 3 heterocycles. The van der Waals surface area contributed by atoms with E-state index in [1.807, 2.05) is 0 Å². The highest BCUT2D eigenvalue weighted by Gasteiger charge is 2.32. The molecule has 330 valence electrons. The lowest BCUT2D eigenvalue weighted by Crippen LogP contribution is -2.23. The summed E-state index contributed by atoms with van der Waals surface area (Å²) in [6.45, 7) is 0. The molecule has 0 spiro atoms. The molecule has 4 nitrogen and oxygen atoms in total. The number of aromatic nitrogens is 3. The van der Waals surface area contributed by atoms with Crippen molar-refractivity contribution in [3.8, 4) is 11.4 Å². The minimum atomic E-state index is -0.00410. The van der Waals surface area contributed by atoms with Gasteiger partial charge in [0.25, 0.3) is 0 Å². The smallest absolute Gasteiger partial charge is 0.0541 e. The molecule has 0 saturated heterocycles. The van der Waals surface area contributed by atoms with Gasteiger partial charge in [-0.25, -0.2) is 0 Å². The normalized spacial score (nSPS) is 14.1. The lowest BCUT2D eigenvalue weighted by atomic mass is 9.81. The number of anilines is 2. The van der Waals surface area contributed by atoms with Crippen molar-refractivity contribution in [2.45, 2.75) is 12.3 Å². The number of allylic oxidation sites excluding steroid dienone is 3. The molecule has 1 unspecified atom stereocenters. The second kappa shape index (κ2) is 16.3. The topological polar surface area (TPSA) is 18.0 Å². The molecule has 0 fully saturated rings. The van der Waals surface area contributed by atoms with Gasteiger partial charge in [0.1, 0.15) is 0 Å². The van der Waals surface area contributed by atoms with Crippen LogP contribution in [0.2, 0.25) is 0 Å². The van der Waals surface area contributed by atoms with Crippen molar-refractivity contribution < 1.29 is 0 Å². The Morgan fingerprint density at radius 3 is 1.03 bits per heavy atom. The summed E-state index contributed by atoms with van der Waals surface area (Å²) >= 11 is 0. The molecule has 14 rings (SSSR count). The Morgan fingerprint density at radius 1 is 0.314 bits per heavy atom. The van der Waals surface area contributed by atoms with Crippen LogP contribution in [0.4, 0.5) is 11.4 Å². The van der Waals surface area contributed by atoms with E-state index >= 15 is 0 Å². The molecule has 0 saturated carbocycles. The second-order valence-electron chi connectivity index (χ2n) is 18.4. The van der Waals surface area contributed by atoms with Gasteiger partial charge in [-0.2, -0.15) is 0 Å². The van der Waals surface area contributed by atoms with E-state index in [1.165, 1.54) is 87.8 Å². The van der Waals surface area contributed by atoms with Crippen LogP contribution in [0.5, 0.6) is 0 Å². The van der Waals surface area contributed by atoms with E-state index in [1.54, 1.807) is 0 Å². The highest BCUT2D eigenvalue weighted by Crippen LogP contribution is 2.49. The van der Waals surface area contributed by atoms with Crippen LogP contribution in [0, 0.1) is 0 Å². The van der Waals surface area contributed by atoms with E-state index in [9.17, 15) is 0 Å². The minimum Gasteiger partial charge on any atom is -0.312 e. The fourth-order valence-corrected chi connectivity index (χ4v) is 11.6. The van der Waals surface area contributed by atoms with E-state index in [4.69, 9.17) is 0 Å². The quantitative estimate of drug-likeness (QED) is 0.149. The van der Waals surface area contributed by atoms with E-state index < -0.39 is 0 Å². The first-order chi connectivity index (χ1) is 34.8. The zero-order valence-electron chi connectivity index (χ0n) is 38.4. The SMILES string of the molecule is C1=C(n2c3ccccc3c3ccccc32)C(c2ccc(-n3c4ccccc4c4ccccc43)cc2)CC(c2ccc(-n3c4ccccc4c4ccccc43)cc2)=C1N(c1ccccc1)c1ccccc1. The van der Waals surface area contributed by atoms with Gasteiger partial charge in [-0.05, 0) is 114 Å². The summed E-state index contributed by atoms with van der Waals surface area (Å²) in [6, 6.07) is 93.3. The third kappa shape index (κ3) is 6.30. The van der Waals surface area contributed by atoms with Gasteiger partial charge in [0.15, 0.2) is 0 Å². The predicted octanol–water partition coefficient (Wildman–Crippen LogP) is 17.3. The fourth-order valence-electron chi connectivity index (χ4n) is 11.6. The van der Waals surface area contributed by atoms with Gasteiger partial charge in [-0.15, -0.1) is 0 Å². The van der Waals surface area contributed by atoms with Crippen LogP contribution >= 0.6 is 0 Å². The highest BCUT2D eigenvalue weighted by molar-refractivity contribution is 6.12. The minimum absolute atomic E-state index is 0.00410. The molecular weight excluding hydrogens is 849 g/mol. The van der Waals surface area contributed by atoms with Crippen molar-refractivity contribution >= 4 is 88.1 Å². The Bertz CT molecular complexity index is 3990. The van der Waals surface area contributed by atoms with Crippen LogP contribution in [0.1, 0.15) is 23.5 Å². The van der Waals surface area contributed by atoms with Gasteiger partial charge in [0, 0.05) is 66.7 Å². The first kappa shape index (κ1) is 40.0. The number of nitrogens with zero attached hydrogens (tertiary/aromatic N) is 4. The maximum Gasteiger partial charge on any atom is 0.0541 e. The maximum atomic E-state index is 2.55. The van der Waals surface area contributed by atoms with Crippen molar-refractivity contribution in [2.75, 3.05) is 4.90 Å². The molecule has 0 aliphatic heterocycles. The van der Waals surface area contributed by atoms with E-state index in [-0.39, 0.29) is 5.92 Å². The summed E-state index contributed by atoms with van der Waals surface area (Å²) in [4.78, 5) is 2.46. The fraction of sp³-hybridized carbons (Fsp3) is 0.0303. The zero-order chi connectivity index (χ0) is 46.1. The van der Waals surface area contributed by atoms with Gasteiger partial charge in [-0.1, -0.05) is 170 Å². The standard InChI is InChI=1S/C66H46N4/c1-3-19-47(20-4-1)67(48-21-5-2-6-22-48)65-44-66(70-63-33-17-11-27-55(63)56-28-12-18-34-64(56)70)58(46-37-41-50(42-38-46)69-61-31-15-9-25-53(61)54-26-10-16-32-62(54)69)43-57(65)45-35-39-49(40-36-45)68-59-29-13-7-23-51(59)52-24-8-14-30-60(52)68/h1-42,44,58H,43H2. The average Bonchev–Trinajstić information content (AvgIpc) is 4.08. The summed E-state index contributed by atoms with van der Waals surface area (Å²) in [5.41, 5.74) is 17.9. The van der Waals surface area contributed by atoms with Crippen molar-refractivity contribution in [1.82, 2.24) is 13.7 Å². The Hall–Kier alpha value is -9.12. The van der Waals surface area contributed by atoms with Crippen molar-refractivity contribution in [1.29, 1.82) is 0 Å². The van der Waals surface area contributed by atoms with Crippen molar-refractivity contribution in [2.24, 2.45) is 0 Å². The van der Waals surface area contributed by atoms with Gasteiger partial charge in [0.2, 0.25) is 0 Å². The summed E-state index contributed by atoms with van der Waals surface area (Å²) < 4.78 is 7.37. The van der Waals surface area contributed by atoms with Gasteiger partial charge in [-0.3, -0.25) is 0 Å². The maximum absolute atomic E-state index is 2.55. The lowest BCUT2D eigenvalue weighted by molar-refractivity contribution is 0.831. The predicted molar refractivity (Wildman–Crippen MR) is 295 cm³/mol. The number of fused-ring (bicyclic) bond motifs is 9. The molecule has 0 amide bonds. The molecule has 0 radical (unpaired) electrons. The highest BCUT2D eigenvalue weighted by atomic mass is 15.2. The van der Waals surface area contributed by atoms with Crippen LogP contribution in [0.15, 0.2) is 267 Å². The Balaban J connectivity index is 1.01. The van der Waals surface area contributed by atoms with Crippen LogP contribution in [0.25, 0.3) is 88.1 Å². The number of hydrogen-bond acceptors (Lipinski definition) is 1. The van der Waals surface area contributed by atoms with E-state index in [2.05, 4.69) is 279 Å². The summed E-state index contributed by atoms with van der Waals surface area (Å²) in [7, 11) is 0. The largest absolute Gasteiger partial charge is 0.312 e.